The fourth-order valence-corrected chi connectivity index (χ4v) is 4.13. The van der Waals surface area contributed by atoms with Crippen molar-refractivity contribution in [1.82, 2.24) is 19.8 Å². The Bertz CT molecular complexity index is 777. The lowest BCUT2D eigenvalue weighted by Gasteiger charge is -2.25. The number of carbonyl (C=O) groups excluding carboxylic acids is 1. The summed E-state index contributed by atoms with van der Waals surface area (Å²) < 4.78 is 0. The number of rotatable bonds is 4. The van der Waals surface area contributed by atoms with E-state index in [9.17, 15) is 14.7 Å². The molecule has 0 unspecified atom stereocenters. The quantitative estimate of drug-likeness (QED) is 0.869. The Morgan fingerprint density at radius 1 is 1.24 bits per heavy atom. The maximum absolute atomic E-state index is 12.5. The van der Waals surface area contributed by atoms with E-state index in [-0.39, 0.29) is 18.4 Å². The van der Waals surface area contributed by atoms with Gasteiger partial charge in [0.1, 0.15) is 11.1 Å². The van der Waals surface area contributed by atoms with E-state index in [1.54, 1.807) is 4.90 Å². The Labute approximate surface area is 145 Å². The monoisotopic (exact) mass is 340 g/mol. The van der Waals surface area contributed by atoms with E-state index in [0.717, 1.165) is 6.54 Å². The van der Waals surface area contributed by atoms with Crippen molar-refractivity contribution in [2.45, 2.75) is 6.54 Å². The molecule has 3 heterocycles. The summed E-state index contributed by atoms with van der Waals surface area (Å²) in [5, 5.41) is 9.90. The summed E-state index contributed by atoms with van der Waals surface area (Å²) in [6.07, 6.45) is 2.93. The summed E-state index contributed by atoms with van der Waals surface area (Å²) in [4.78, 5) is 35.1. The van der Waals surface area contributed by atoms with E-state index in [0.29, 0.717) is 25.3 Å². The van der Waals surface area contributed by atoms with Gasteiger partial charge in [-0.15, -0.1) is 0 Å². The molecule has 0 radical (unpaired) electrons. The number of nitrogens with zero attached hydrogens (tertiary/aromatic N) is 3. The first-order valence-corrected chi connectivity index (χ1v) is 8.36. The molecule has 2 saturated heterocycles. The molecule has 2 atom stereocenters. The molecule has 1 aromatic heterocycles. The number of nitrogens with one attached hydrogen (secondary N) is 1. The van der Waals surface area contributed by atoms with Crippen molar-refractivity contribution in [1.29, 1.82) is 0 Å². The number of carboxylic acids is 1. The van der Waals surface area contributed by atoms with Gasteiger partial charge in [0.2, 0.25) is 0 Å². The molecule has 2 aliphatic heterocycles. The molecule has 7 nitrogen and oxygen atoms in total. The van der Waals surface area contributed by atoms with Crippen LogP contribution in [0, 0.1) is 11.3 Å². The lowest BCUT2D eigenvalue weighted by molar-refractivity contribution is -0.148. The van der Waals surface area contributed by atoms with Crippen molar-refractivity contribution in [3.63, 3.8) is 0 Å². The van der Waals surface area contributed by atoms with Crippen LogP contribution in [0.15, 0.2) is 42.9 Å². The number of hydrogen-bond acceptors (Lipinski definition) is 4. The zero-order valence-corrected chi connectivity index (χ0v) is 13.8. The number of aliphatic carboxylic acids is 1. The largest absolute Gasteiger partial charge is 0.481 e. The number of carbonyl (C=O) groups is 2. The molecule has 0 spiro atoms. The number of aromatic nitrogens is 2. The number of fused-ring (bicyclic) bond motifs is 1. The van der Waals surface area contributed by atoms with Gasteiger partial charge >= 0.3 is 5.97 Å². The number of hydrogen-bond donors (Lipinski definition) is 2. The third-order valence-corrected chi connectivity index (χ3v) is 5.37. The summed E-state index contributed by atoms with van der Waals surface area (Å²) in [5.74, 6) is -1.05. The zero-order valence-electron chi connectivity index (χ0n) is 13.8. The maximum Gasteiger partial charge on any atom is 0.313 e. The third kappa shape index (κ3) is 2.70. The van der Waals surface area contributed by atoms with Crippen LogP contribution in [-0.4, -0.2) is 62.9 Å². The predicted octanol–water partition coefficient (Wildman–Crippen LogP) is 1.07. The van der Waals surface area contributed by atoms with E-state index in [1.165, 1.54) is 18.1 Å². The maximum atomic E-state index is 12.5. The first-order valence-electron chi connectivity index (χ1n) is 8.36. The average Bonchev–Trinajstić information content (AvgIpc) is 3.29. The van der Waals surface area contributed by atoms with Crippen LogP contribution in [0.5, 0.6) is 0 Å². The fraction of sp³-hybridized carbons (Fsp3) is 0.389. The number of H-pyrrole nitrogens is 1. The Balaban J connectivity index is 1.50. The molecule has 2 aliphatic rings. The number of amides is 1. The van der Waals surface area contributed by atoms with Gasteiger partial charge in [0.05, 0.1) is 12.5 Å². The number of benzene rings is 1. The topological polar surface area (TPSA) is 89.5 Å². The van der Waals surface area contributed by atoms with Gasteiger partial charge in [-0.3, -0.25) is 14.5 Å². The van der Waals surface area contributed by atoms with Gasteiger partial charge in [0.15, 0.2) is 0 Å². The summed E-state index contributed by atoms with van der Waals surface area (Å²) in [5.41, 5.74) is 0.694. The van der Waals surface area contributed by atoms with E-state index >= 15 is 0 Å². The highest BCUT2D eigenvalue weighted by Gasteiger charge is 2.58. The molecule has 1 aromatic carbocycles. The lowest BCUT2D eigenvalue weighted by atomic mass is 9.81. The van der Waals surface area contributed by atoms with Crippen LogP contribution >= 0.6 is 0 Å². The molecule has 7 heteroatoms. The van der Waals surface area contributed by atoms with E-state index in [4.69, 9.17) is 0 Å². The van der Waals surface area contributed by atoms with E-state index in [2.05, 4.69) is 27.0 Å². The first kappa shape index (κ1) is 15.8. The van der Waals surface area contributed by atoms with Gasteiger partial charge < -0.3 is 15.0 Å². The molecule has 2 N–H and O–H groups in total. The molecular formula is C18H20N4O3. The van der Waals surface area contributed by atoms with Gasteiger partial charge in [0.25, 0.3) is 5.91 Å². The molecule has 2 aromatic rings. The second-order valence-electron chi connectivity index (χ2n) is 6.96. The molecular weight excluding hydrogens is 320 g/mol. The van der Waals surface area contributed by atoms with Crippen LogP contribution in [-0.2, 0) is 11.3 Å². The summed E-state index contributed by atoms with van der Waals surface area (Å²) in [7, 11) is 0. The average molecular weight is 340 g/mol. The molecule has 4 rings (SSSR count). The van der Waals surface area contributed by atoms with Gasteiger partial charge in [-0.05, 0) is 5.56 Å². The minimum absolute atomic E-state index is 0.0550. The SMILES string of the molecule is O=C(c1cnc[nH]1)N1C[C@H]2CN(Cc3ccccc3)C[C@@]2(C(=O)O)C1. The smallest absolute Gasteiger partial charge is 0.313 e. The van der Waals surface area contributed by atoms with Crippen LogP contribution < -0.4 is 0 Å². The predicted molar refractivity (Wildman–Crippen MR) is 89.8 cm³/mol. The highest BCUT2D eigenvalue weighted by atomic mass is 16.4. The number of carboxylic acid groups (broad SMARTS) is 1. The molecule has 2 fully saturated rings. The van der Waals surface area contributed by atoms with Gasteiger partial charge in [-0.1, -0.05) is 30.3 Å². The van der Waals surface area contributed by atoms with Crippen LogP contribution in [0.25, 0.3) is 0 Å². The second-order valence-corrected chi connectivity index (χ2v) is 6.96. The van der Waals surface area contributed by atoms with Crippen molar-refractivity contribution in [3.8, 4) is 0 Å². The van der Waals surface area contributed by atoms with Crippen LogP contribution in [0.2, 0.25) is 0 Å². The Kier molecular flexibility index (Phi) is 3.80. The standard InChI is InChI=1S/C18H20N4O3/c23-16(15-6-19-12-20-15)22-9-14-8-21(7-13-4-2-1-3-5-13)10-18(14,11-22)17(24)25/h1-6,12,14H,7-11H2,(H,19,20)(H,24,25)/t14-,18-/m1/s1. The number of imidazole rings is 1. The first-order chi connectivity index (χ1) is 12.1. The Hall–Kier alpha value is -2.67. The molecule has 1 amide bonds. The van der Waals surface area contributed by atoms with Crippen molar-refractivity contribution in [3.05, 3.63) is 54.1 Å². The molecule has 0 saturated carbocycles. The minimum atomic E-state index is -0.884. The summed E-state index contributed by atoms with van der Waals surface area (Å²) >= 11 is 0. The molecule has 0 bridgehead atoms. The van der Waals surface area contributed by atoms with Crippen molar-refractivity contribution in [2.24, 2.45) is 11.3 Å². The van der Waals surface area contributed by atoms with Crippen molar-refractivity contribution >= 4 is 11.9 Å². The zero-order chi connectivity index (χ0) is 17.4. The van der Waals surface area contributed by atoms with Crippen LogP contribution in [0.4, 0.5) is 0 Å². The lowest BCUT2D eigenvalue weighted by Crippen LogP contribution is -2.42. The minimum Gasteiger partial charge on any atom is -0.481 e. The summed E-state index contributed by atoms with van der Waals surface area (Å²) in [6, 6.07) is 10.1. The molecule has 25 heavy (non-hydrogen) atoms. The van der Waals surface area contributed by atoms with Crippen LogP contribution in [0.1, 0.15) is 16.1 Å². The summed E-state index contributed by atoms with van der Waals surface area (Å²) in [6.45, 7) is 2.61. The van der Waals surface area contributed by atoms with E-state index in [1.807, 2.05) is 18.2 Å². The van der Waals surface area contributed by atoms with E-state index < -0.39 is 11.4 Å². The second kappa shape index (κ2) is 6.00. The Morgan fingerprint density at radius 2 is 2.04 bits per heavy atom. The van der Waals surface area contributed by atoms with Gasteiger partial charge in [-0.2, -0.15) is 0 Å². The number of aromatic amines is 1. The highest BCUT2D eigenvalue weighted by molar-refractivity contribution is 5.93. The molecule has 0 aliphatic carbocycles. The fourth-order valence-electron chi connectivity index (χ4n) is 4.13. The normalized spacial score (nSPS) is 25.9. The third-order valence-electron chi connectivity index (χ3n) is 5.37. The van der Waals surface area contributed by atoms with Crippen molar-refractivity contribution in [2.75, 3.05) is 26.2 Å². The Morgan fingerprint density at radius 3 is 2.68 bits per heavy atom. The van der Waals surface area contributed by atoms with Crippen LogP contribution in [0.3, 0.4) is 0 Å². The van der Waals surface area contributed by atoms with Crippen molar-refractivity contribution < 1.29 is 14.7 Å². The number of likely N-dealkylation sites (tertiary alicyclic amines) is 2. The van der Waals surface area contributed by atoms with Gasteiger partial charge in [-0.25, -0.2) is 4.98 Å². The molecule has 130 valence electrons. The van der Waals surface area contributed by atoms with Gasteiger partial charge in [0, 0.05) is 38.6 Å². The highest BCUT2D eigenvalue weighted by Crippen LogP contribution is 2.43.